The van der Waals surface area contributed by atoms with E-state index in [1.165, 1.54) is 0 Å². The minimum absolute atomic E-state index is 0.475. The van der Waals surface area contributed by atoms with Crippen LogP contribution in [0.2, 0.25) is 0 Å². The average molecular weight is 288 g/mol. The Labute approximate surface area is 105 Å². The fourth-order valence-corrected chi connectivity index (χ4v) is 1.62. The van der Waals surface area contributed by atoms with Gasteiger partial charge < -0.3 is 15.6 Å². The van der Waals surface area contributed by atoms with E-state index in [9.17, 15) is 5.11 Å². The Hall–Kier alpha value is -0.580. The monoisotopic (exact) mass is 287 g/mol. The second-order valence-corrected chi connectivity index (χ2v) is 5.22. The van der Waals surface area contributed by atoms with Crippen molar-refractivity contribution < 1.29 is 9.84 Å². The Morgan fingerprint density at radius 2 is 2.12 bits per heavy atom. The first-order valence-corrected chi connectivity index (χ1v) is 6.05. The predicted molar refractivity (Wildman–Crippen MR) is 68.4 cm³/mol. The molecule has 0 aliphatic heterocycles. The molecule has 0 spiro atoms. The van der Waals surface area contributed by atoms with Gasteiger partial charge in [0, 0.05) is 17.4 Å². The number of hydrogen-bond acceptors (Lipinski definition) is 3. The summed E-state index contributed by atoms with van der Waals surface area (Å²) in [7, 11) is 0. The zero-order chi connectivity index (χ0) is 12.2. The summed E-state index contributed by atoms with van der Waals surface area (Å²) in [5.41, 5.74) is 5.92. The van der Waals surface area contributed by atoms with E-state index in [2.05, 4.69) is 15.9 Å². The third kappa shape index (κ3) is 4.51. The van der Waals surface area contributed by atoms with Crippen molar-refractivity contribution in [1.29, 1.82) is 0 Å². The van der Waals surface area contributed by atoms with Crippen molar-refractivity contribution in [3.8, 4) is 5.75 Å². The molecule has 0 radical (unpaired) electrons. The van der Waals surface area contributed by atoms with Gasteiger partial charge in [-0.15, -0.1) is 0 Å². The summed E-state index contributed by atoms with van der Waals surface area (Å²) >= 11 is 3.41. The van der Waals surface area contributed by atoms with Gasteiger partial charge in [0.2, 0.25) is 0 Å². The van der Waals surface area contributed by atoms with E-state index in [4.69, 9.17) is 10.5 Å². The van der Waals surface area contributed by atoms with Gasteiger partial charge in [-0.3, -0.25) is 0 Å². The van der Waals surface area contributed by atoms with E-state index >= 15 is 0 Å². The van der Waals surface area contributed by atoms with Crippen LogP contribution in [0.4, 0.5) is 0 Å². The zero-order valence-electron chi connectivity index (χ0n) is 9.66. The van der Waals surface area contributed by atoms with E-state index < -0.39 is 5.60 Å². The van der Waals surface area contributed by atoms with E-state index in [1.54, 1.807) is 13.8 Å². The van der Waals surface area contributed by atoms with E-state index in [-0.39, 0.29) is 0 Å². The highest BCUT2D eigenvalue weighted by Gasteiger charge is 2.12. The van der Waals surface area contributed by atoms with Crippen molar-refractivity contribution in [2.75, 3.05) is 6.61 Å². The lowest BCUT2D eigenvalue weighted by molar-refractivity contribution is 0.0553. The molecule has 1 aromatic carbocycles. The molecule has 0 amide bonds. The lowest BCUT2D eigenvalue weighted by Crippen LogP contribution is -2.21. The number of benzene rings is 1. The molecule has 16 heavy (non-hydrogen) atoms. The topological polar surface area (TPSA) is 55.5 Å². The Kier molecular flexibility index (Phi) is 4.77. The summed E-state index contributed by atoms with van der Waals surface area (Å²) in [6, 6.07) is 5.71. The molecule has 0 aromatic heterocycles. The SMILES string of the molecule is CC(C)(O)CCOc1ccc(Br)c(CN)c1. The third-order valence-electron chi connectivity index (χ3n) is 2.22. The third-order valence-corrected chi connectivity index (χ3v) is 2.99. The Bertz CT molecular complexity index is 347. The van der Waals surface area contributed by atoms with Crippen molar-refractivity contribution in [3.63, 3.8) is 0 Å². The highest BCUT2D eigenvalue weighted by Crippen LogP contribution is 2.22. The maximum atomic E-state index is 9.53. The maximum absolute atomic E-state index is 9.53. The molecule has 0 aliphatic carbocycles. The summed E-state index contributed by atoms with van der Waals surface area (Å²) in [6.45, 7) is 4.50. The van der Waals surface area contributed by atoms with E-state index in [0.717, 1.165) is 15.8 Å². The van der Waals surface area contributed by atoms with Gasteiger partial charge in [-0.25, -0.2) is 0 Å². The molecule has 1 aromatic rings. The Morgan fingerprint density at radius 1 is 1.44 bits per heavy atom. The van der Waals surface area contributed by atoms with Crippen molar-refractivity contribution >= 4 is 15.9 Å². The molecule has 0 saturated heterocycles. The molecular formula is C12H18BrNO2. The number of hydrogen-bond donors (Lipinski definition) is 2. The van der Waals surface area contributed by atoms with Crippen LogP contribution < -0.4 is 10.5 Å². The first kappa shape index (κ1) is 13.5. The number of nitrogens with two attached hydrogens (primary N) is 1. The molecule has 3 N–H and O–H groups in total. The summed E-state index contributed by atoms with van der Waals surface area (Å²) in [5, 5.41) is 9.53. The maximum Gasteiger partial charge on any atom is 0.119 e. The number of halogens is 1. The quantitative estimate of drug-likeness (QED) is 0.875. The van der Waals surface area contributed by atoms with Gasteiger partial charge in [0.1, 0.15) is 5.75 Å². The van der Waals surface area contributed by atoms with Crippen LogP contribution in [0.25, 0.3) is 0 Å². The van der Waals surface area contributed by atoms with Gasteiger partial charge in [0.05, 0.1) is 12.2 Å². The zero-order valence-corrected chi connectivity index (χ0v) is 11.3. The van der Waals surface area contributed by atoms with Crippen molar-refractivity contribution in [1.82, 2.24) is 0 Å². The first-order chi connectivity index (χ1) is 7.42. The molecule has 90 valence electrons. The lowest BCUT2D eigenvalue weighted by Gasteiger charge is -2.17. The molecule has 0 saturated carbocycles. The highest BCUT2D eigenvalue weighted by molar-refractivity contribution is 9.10. The van der Waals surface area contributed by atoms with Crippen LogP contribution in [0.15, 0.2) is 22.7 Å². The van der Waals surface area contributed by atoms with Gasteiger partial charge >= 0.3 is 0 Å². The Morgan fingerprint density at radius 3 is 2.69 bits per heavy atom. The van der Waals surface area contributed by atoms with E-state index in [0.29, 0.717) is 19.6 Å². The van der Waals surface area contributed by atoms with Gasteiger partial charge in [-0.2, -0.15) is 0 Å². The minimum Gasteiger partial charge on any atom is -0.493 e. The van der Waals surface area contributed by atoms with Gasteiger partial charge in [-0.1, -0.05) is 15.9 Å². The smallest absolute Gasteiger partial charge is 0.119 e. The predicted octanol–water partition coefficient (Wildman–Crippen LogP) is 2.45. The summed E-state index contributed by atoms with van der Waals surface area (Å²) in [6.07, 6.45) is 0.598. The largest absolute Gasteiger partial charge is 0.493 e. The van der Waals surface area contributed by atoms with Crippen LogP contribution in [0.5, 0.6) is 5.75 Å². The standard InChI is InChI=1S/C12H18BrNO2/c1-12(2,15)5-6-16-10-3-4-11(13)9(7-10)8-14/h3-4,7,15H,5-6,8,14H2,1-2H3. The number of rotatable bonds is 5. The normalized spacial score (nSPS) is 11.6. The van der Waals surface area contributed by atoms with Crippen LogP contribution in [0.3, 0.4) is 0 Å². The fourth-order valence-electron chi connectivity index (χ4n) is 1.22. The van der Waals surface area contributed by atoms with Gasteiger partial charge in [0.15, 0.2) is 0 Å². The molecular weight excluding hydrogens is 270 g/mol. The lowest BCUT2D eigenvalue weighted by atomic mass is 10.1. The highest BCUT2D eigenvalue weighted by atomic mass is 79.9. The molecule has 0 fully saturated rings. The summed E-state index contributed by atoms with van der Waals surface area (Å²) in [5.74, 6) is 0.785. The second kappa shape index (κ2) is 5.66. The van der Waals surface area contributed by atoms with Crippen molar-refractivity contribution in [3.05, 3.63) is 28.2 Å². The van der Waals surface area contributed by atoms with Crippen LogP contribution in [0, 0.1) is 0 Å². The van der Waals surface area contributed by atoms with E-state index in [1.807, 2.05) is 18.2 Å². The number of aliphatic hydroxyl groups is 1. The van der Waals surface area contributed by atoms with Gasteiger partial charge in [0.25, 0.3) is 0 Å². The van der Waals surface area contributed by atoms with Crippen molar-refractivity contribution in [2.45, 2.75) is 32.4 Å². The molecule has 0 atom stereocenters. The molecule has 0 bridgehead atoms. The summed E-state index contributed by atoms with van der Waals surface area (Å²) < 4.78 is 6.53. The molecule has 0 heterocycles. The molecule has 0 unspecified atom stereocenters. The average Bonchev–Trinajstić information content (AvgIpc) is 2.18. The van der Waals surface area contributed by atoms with Crippen LogP contribution >= 0.6 is 15.9 Å². The van der Waals surface area contributed by atoms with Crippen molar-refractivity contribution in [2.24, 2.45) is 5.73 Å². The van der Waals surface area contributed by atoms with Gasteiger partial charge in [-0.05, 0) is 37.6 Å². The summed E-state index contributed by atoms with van der Waals surface area (Å²) in [4.78, 5) is 0. The fraction of sp³-hybridized carbons (Fsp3) is 0.500. The molecule has 1 rings (SSSR count). The molecule has 4 heteroatoms. The van der Waals surface area contributed by atoms with Crippen LogP contribution in [-0.4, -0.2) is 17.3 Å². The first-order valence-electron chi connectivity index (χ1n) is 5.26. The molecule has 3 nitrogen and oxygen atoms in total. The van der Waals surface area contributed by atoms with Crippen LogP contribution in [0.1, 0.15) is 25.8 Å². The minimum atomic E-state index is -0.688. The molecule has 0 aliphatic rings. The second-order valence-electron chi connectivity index (χ2n) is 4.37. The Balaban J connectivity index is 2.55. The van der Waals surface area contributed by atoms with Crippen LogP contribution in [-0.2, 0) is 6.54 Å². The number of ether oxygens (including phenoxy) is 1.